The normalized spacial score (nSPS) is 23.3. The van der Waals surface area contributed by atoms with Gasteiger partial charge in [-0.1, -0.05) is 76.3 Å². The van der Waals surface area contributed by atoms with Crippen LogP contribution in [0.15, 0.2) is 30.3 Å². The Morgan fingerprint density at radius 3 is 2.49 bits per heavy atom. The standard InChI is InChI=1S/C28H44N2O5/c1-20(2)23(15-16-29-26(31)34-19-22-13-9-6-10-14-22)18-25-24(17-21-11-7-5-8-12-21)30(27(32)33)28(3,4)35-25/h6,9-10,13-14,20-21,23-25H,5,7-8,11-12,15-19H2,1-4H3,(H,29,31)(H,32,33)/t23-,24+,25+/m1/s1. The van der Waals surface area contributed by atoms with Crippen LogP contribution in [-0.4, -0.2) is 46.6 Å². The third-order valence-corrected chi connectivity index (χ3v) is 7.76. The number of nitrogens with zero attached hydrogens (tertiary/aromatic N) is 1. The summed E-state index contributed by atoms with van der Waals surface area (Å²) in [5.74, 6) is 1.25. The number of rotatable bonds is 10. The molecule has 0 spiro atoms. The first kappa shape index (κ1) is 27.3. The highest BCUT2D eigenvalue weighted by Gasteiger charge is 2.50. The Morgan fingerprint density at radius 1 is 1.17 bits per heavy atom. The molecule has 1 aliphatic carbocycles. The molecule has 1 saturated heterocycles. The van der Waals surface area contributed by atoms with Crippen molar-refractivity contribution in [3.8, 4) is 0 Å². The van der Waals surface area contributed by atoms with Gasteiger partial charge in [-0.2, -0.15) is 0 Å². The van der Waals surface area contributed by atoms with Crippen LogP contribution in [0.3, 0.4) is 0 Å². The van der Waals surface area contributed by atoms with Gasteiger partial charge in [-0.05, 0) is 56.4 Å². The van der Waals surface area contributed by atoms with E-state index in [0.717, 1.165) is 24.8 Å². The fourth-order valence-electron chi connectivity index (χ4n) is 5.83. The zero-order valence-electron chi connectivity index (χ0n) is 21.9. The number of alkyl carbamates (subject to hydrolysis) is 1. The van der Waals surface area contributed by atoms with Gasteiger partial charge < -0.3 is 19.9 Å². The molecule has 1 heterocycles. The molecule has 2 fully saturated rings. The second-order valence-corrected chi connectivity index (χ2v) is 11.1. The third-order valence-electron chi connectivity index (χ3n) is 7.76. The molecule has 196 valence electrons. The first-order valence-corrected chi connectivity index (χ1v) is 13.3. The molecule has 2 amide bonds. The monoisotopic (exact) mass is 488 g/mol. The molecule has 7 nitrogen and oxygen atoms in total. The van der Waals surface area contributed by atoms with E-state index in [9.17, 15) is 14.7 Å². The molecule has 2 N–H and O–H groups in total. The lowest BCUT2D eigenvalue weighted by atomic mass is 9.80. The van der Waals surface area contributed by atoms with Crippen LogP contribution in [0.2, 0.25) is 0 Å². The van der Waals surface area contributed by atoms with Crippen molar-refractivity contribution in [1.29, 1.82) is 0 Å². The van der Waals surface area contributed by atoms with E-state index < -0.39 is 17.9 Å². The van der Waals surface area contributed by atoms with Crippen molar-refractivity contribution in [3.05, 3.63) is 35.9 Å². The molecular weight excluding hydrogens is 444 g/mol. The maximum Gasteiger partial charge on any atom is 0.409 e. The van der Waals surface area contributed by atoms with Gasteiger partial charge in [-0.15, -0.1) is 0 Å². The van der Waals surface area contributed by atoms with Gasteiger partial charge in [0.2, 0.25) is 0 Å². The van der Waals surface area contributed by atoms with Gasteiger partial charge in [0.05, 0.1) is 12.1 Å². The molecule has 1 aliphatic heterocycles. The smallest absolute Gasteiger partial charge is 0.409 e. The van der Waals surface area contributed by atoms with Crippen LogP contribution in [0.4, 0.5) is 9.59 Å². The number of carbonyl (C=O) groups is 2. The zero-order valence-corrected chi connectivity index (χ0v) is 21.9. The lowest BCUT2D eigenvalue weighted by Gasteiger charge is -2.34. The van der Waals surface area contributed by atoms with Crippen molar-refractivity contribution < 1.29 is 24.2 Å². The largest absolute Gasteiger partial charge is 0.465 e. The highest BCUT2D eigenvalue weighted by molar-refractivity contribution is 5.67. The lowest BCUT2D eigenvalue weighted by molar-refractivity contribution is -0.0722. The minimum Gasteiger partial charge on any atom is -0.465 e. The van der Waals surface area contributed by atoms with Crippen LogP contribution >= 0.6 is 0 Å². The predicted octanol–water partition coefficient (Wildman–Crippen LogP) is 6.42. The molecule has 1 saturated carbocycles. The fourth-order valence-corrected chi connectivity index (χ4v) is 5.83. The quantitative estimate of drug-likeness (QED) is 0.397. The maximum atomic E-state index is 12.2. The molecule has 2 aliphatic rings. The summed E-state index contributed by atoms with van der Waals surface area (Å²) in [6, 6.07) is 9.49. The van der Waals surface area contributed by atoms with E-state index in [0.29, 0.717) is 24.3 Å². The number of hydrogen-bond acceptors (Lipinski definition) is 4. The van der Waals surface area contributed by atoms with Gasteiger partial charge in [0, 0.05) is 6.54 Å². The van der Waals surface area contributed by atoms with E-state index in [1.165, 1.54) is 32.1 Å². The van der Waals surface area contributed by atoms with E-state index in [1.807, 2.05) is 44.2 Å². The van der Waals surface area contributed by atoms with E-state index >= 15 is 0 Å². The molecule has 7 heteroatoms. The SMILES string of the molecule is CC(C)[C@H](CCNC(=O)OCc1ccccc1)C[C@@H]1OC(C)(C)N(C(=O)O)[C@H]1CC1CCCCC1. The van der Waals surface area contributed by atoms with Crippen molar-refractivity contribution in [3.63, 3.8) is 0 Å². The van der Waals surface area contributed by atoms with Crippen LogP contribution in [0, 0.1) is 17.8 Å². The second kappa shape index (κ2) is 12.6. The lowest BCUT2D eigenvalue weighted by Crippen LogP contribution is -2.48. The molecule has 3 rings (SSSR count). The summed E-state index contributed by atoms with van der Waals surface area (Å²) in [5, 5.41) is 12.9. The van der Waals surface area contributed by atoms with Crippen LogP contribution in [0.25, 0.3) is 0 Å². The van der Waals surface area contributed by atoms with E-state index in [1.54, 1.807) is 4.90 Å². The van der Waals surface area contributed by atoms with Crippen LogP contribution < -0.4 is 5.32 Å². The average Bonchev–Trinajstić information content (AvgIpc) is 3.07. The van der Waals surface area contributed by atoms with Gasteiger partial charge >= 0.3 is 12.2 Å². The number of carbonyl (C=O) groups excluding carboxylic acids is 1. The number of carboxylic acid groups (broad SMARTS) is 1. The Labute approximate surface area is 210 Å². The minimum absolute atomic E-state index is 0.129. The summed E-state index contributed by atoms with van der Waals surface area (Å²) in [7, 11) is 0. The van der Waals surface area contributed by atoms with Gasteiger partial charge in [-0.25, -0.2) is 9.59 Å². The van der Waals surface area contributed by atoms with Crippen molar-refractivity contribution in [2.45, 2.75) is 104 Å². The Bertz CT molecular complexity index is 807. The molecule has 1 aromatic carbocycles. The van der Waals surface area contributed by atoms with Gasteiger partial charge in [0.15, 0.2) is 0 Å². The summed E-state index contributed by atoms with van der Waals surface area (Å²) in [5.41, 5.74) is 0.118. The topological polar surface area (TPSA) is 88.1 Å². The Morgan fingerprint density at radius 2 is 1.86 bits per heavy atom. The van der Waals surface area contributed by atoms with E-state index in [-0.39, 0.29) is 18.8 Å². The van der Waals surface area contributed by atoms with Crippen molar-refractivity contribution >= 4 is 12.2 Å². The van der Waals surface area contributed by atoms with E-state index in [2.05, 4.69) is 19.2 Å². The first-order chi connectivity index (χ1) is 16.7. The third kappa shape index (κ3) is 7.86. The molecule has 0 radical (unpaired) electrons. The second-order valence-electron chi connectivity index (χ2n) is 11.1. The number of amides is 2. The van der Waals surface area contributed by atoms with Crippen molar-refractivity contribution in [2.24, 2.45) is 17.8 Å². The highest BCUT2D eigenvalue weighted by atomic mass is 16.6. The summed E-state index contributed by atoms with van der Waals surface area (Å²) in [6.07, 6.45) is 7.11. The molecule has 3 atom stereocenters. The Balaban J connectivity index is 1.56. The molecular formula is C28H44N2O5. The minimum atomic E-state index is -0.901. The zero-order chi connectivity index (χ0) is 25.4. The number of hydrogen-bond donors (Lipinski definition) is 2. The predicted molar refractivity (Wildman–Crippen MR) is 136 cm³/mol. The first-order valence-electron chi connectivity index (χ1n) is 13.3. The van der Waals surface area contributed by atoms with Crippen LogP contribution in [0.5, 0.6) is 0 Å². The molecule has 0 unspecified atom stereocenters. The Hall–Kier alpha value is -2.28. The summed E-state index contributed by atoms with van der Waals surface area (Å²) >= 11 is 0. The van der Waals surface area contributed by atoms with Crippen molar-refractivity contribution in [2.75, 3.05) is 6.54 Å². The molecule has 1 aromatic rings. The number of ether oxygens (including phenoxy) is 2. The summed E-state index contributed by atoms with van der Waals surface area (Å²) in [4.78, 5) is 25.9. The van der Waals surface area contributed by atoms with Gasteiger partial charge in [0.25, 0.3) is 0 Å². The van der Waals surface area contributed by atoms with Crippen LogP contribution in [-0.2, 0) is 16.1 Å². The molecule has 0 aromatic heterocycles. The van der Waals surface area contributed by atoms with Crippen molar-refractivity contribution in [1.82, 2.24) is 10.2 Å². The highest BCUT2D eigenvalue weighted by Crippen LogP contribution is 2.41. The van der Waals surface area contributed by atoms with Crippen LogP contribution in [0.1, 0.15) is 84.6 Å². The average molecular weight is 489 g/mol. The fraction of sp³-hybridized carbons (Fsp3) is 0.714. The van der Waals surface area contributed by atoms with E-state index in [4.69, 9.17) is 9.47 Å². The number of benzene rings is 1. The molecule has 0 bridgehead atoms. The number of nitrogens with one attached hydrogen (secondary N) is 1. The Kier molecular flexibility index (Phi) is 9.84. The van der Waals surface area contributed by atoms with Gasteiger partial charge in [0.1, 0.15) is 12.3 Å². The molecule has 35 heavy (non-hydrogen) atoms. The maximum absolute atomic E-state index is 12.2. The van der Waals surface area contributed by atoms with Gasteiger partial charge in [-0.3, -0.25) is 4.90 Å². The summed E-state index contributed by atoms with van der Waals surface area (Å²) in [6.45, 7) is 8.86. The summed E-state index contributed by atoms with van der Waals surface area (Å²) < 4.78 is 11.7.